The molecule has 3 aromatic rings. The lowest BCUT2D eigenvalue weighted by Gasteiger charge is -2.21. The van der Waals surface area contributed by atoms with Crippen molar-refractivity contribution in [2.45, 2.75) is 19.4 Å². The lowest BCUT2D eigenvalue weighted by molar-refractivity contribution is -0.121. The Morgan fingerprint density at radius 2 is 1.87 bits per heavy atom. The zero-order chi connectivity index (χ0) is 16.0. The Kier molecular flexibility index (Phi) is 3.31. The van der Waals surface area contributed by atoms with Crippen LogP contribution in [0.5, 0.6) is 0 Å². The molecule has 5 heteroatoms. The van der Waals surface area contributed by atoms with Crippen LogP contribution in [0.25, 0.3) is 10.1 Å². The summed E-state index contributed by atoms with van der Waals surface area (Å²) in [4.78, 5) is 27.3. The van der Waals surface area contributed by atoms with Crippen LogP contribution in [-0.2, 0) is 11.2 Å². The molecule has 0 radical (unpaired) electrons. The van der Waals surface area contributed by atoms with E-state index in [9.17, 15) is 9.59 Å². The van der Waals surface area contributed by atoms with Gasteiger partial charge in [0.05, 0.1) is 10.1 Å². The van der Waals surface area contributed by atoms with Crippen molar-refractivity contribution in [1.82, 2.24) is 3.96 Å². The number of hydrogen-bond acceptors (Lipinski definition) is 3. The Morgan fingerprint density at radius 3 is 2.70 bits per heavy atom. The molecule has 2 aromatic carbocycles. The normalized spacial score (nSPS) is 14.9. The molecule has 2 heterocycles. The van der Waals surface area contributed by atoms with Gasteiger partial charge in [-0.15, -0.1) is 0 Å². The van der Waals surface area contributed by atoms with Crippen LogP contribution in [0.4, 0.5) is 5.69 Å². The Hall–Kier alpha value is -2.40. The van der Waals surface area contributed by atoms with E-state index in [-0.39, 0.29) is 11.5 Å². The van der Waals surface area contributed by atoms with E-state index in [1.165, 1.54) is 17.1 Å². The highest BCUT2D eigenvalue weighted by Gasteiger charge is 2.29. The van der Waals surface area contributed by atoms with Gasteiger partial charge in [0.1, 0.15) is 6.04 Å². The SMILES string of the molecule is C[C@H](C(=O)N1CCc2ccccc21)n1sc2ccccc2c1=O. The van der Waals surface area contributed by atoms with Crippen LogP contribution in [0, 0.1) is 0 Å². The van der Waals surface area contributed by atoms with Crippen molar-refractivity contribution >= 4 is 33.2 Å². The summed E-state index contributed by atoms with van der Waals surface area (Å²) < 4.78 is 2.51. The number of carbonyl (C=O) groups excluding carboxylic acids is 1. The van der Waals surface area contributed by atoms with Crippen LogP contribution in [0.3, 0.4) is 0 Å². The number of benzene rings is 2. The Bertz CT molecular complexity index is 957. The second-order valence-electron chi connectivity index (χ2n) is 5.76. The molecule has 0 saturated carbocycles. The standard InChI is InChI=1S/C18H16N2O2S/c1-12(20-18(22)14-7-3-5-9-16(14)23-20)17(21)19-11-10-13-6-2-4-8-15(13)19/h2-9,12H,10-11H2,1H3/t12-/m1/s1. The first-order valence-electron chi connectivity index (χ1n) is 7.66. The second-order valence-corrected chi connectivity index (χ2v) is 6.78. The maximum Gasteiger partial charge on any atom is 0.269 e. The van der Waals surface area contributed by atoms with Gasteiger partial charge in [0.2, 0.25) is 0 Å². The zero-order valence-electron chi connectivity index (χ0n) is 12.7. The lowest BCUT2D eigenvalue weighted by atomic mass is 10.2. The summed E-state index contributed by atoms with van der Waals surface area (Å²) in [6, 6.07) is 15.0. The maximum atomic E-state index is 12.9. The summed E-state index contributed by atoms with van der Waals surface area (Å²) in [5, 5.41) is 0.680. The number of para-hydroxylation sites is 1. The van der Waals surface area contributed by atoms with Crippen molar-refractivity contribution in [3.05, 3.63) is 64.4 Å². The summed E-state index contributed by atoms with van der Waals surface area (Å²) in [5.41, 5.74) is 2.08. The molecule has 4 rings (SSSR count). The quantitative estimate of drug-likeness (QED) is 0.726. The third kappa shape index (κ3) is 2.19. The van der Waals surface area contributed by atoms with Crippen molar-refractivity contribution in [2.24, 2.45) is 0 Å². The highest BCUT2D eigenvalue weighted by atomic mass is 32.1. The molecular weight excluding hydrogens is 308 g/mol. The fraction of sp³-hybridized carbons (Fsp3) is 0.222. The molecule has 0 aliphatic carbocycles. The van der Waals surface area contributed by atoms with Crippen molar-refractivity contribution in [1.29, 1.82) is 0 Å². The number of amides is 1. The first-order chi connectivity index (χ1) is 11.2. The minimum atomic E-state index is -0.494. The van der Waals surface area contributed by atoms with Gasteiger partial charge in [0.25, 0.3) is 11.5 Å². The molecule has 0 spiro atoms. The second kappa shape index (κ2) is 5.35. The monoisotopic (exact) mass is 324 g/mol. The molecule has 4 nitrogen and oxygen atoms in total. The van der Waals surface area contributed by atoms with E-state index in [4.69, 9.17) is 0 Å². The first kappa shape index (κ1) is 14.2. The maximum absolute atomic E-state index is 12.9. The number of fused-ring (bicyclic) bond motifs is 2. The number of nitrogens with zero attached hydrogens (tertiary/aromatic N) is 2. The van der Waals surface area contributed by atoms with Crippen molar-refractivity contribution in [3.63, 3.8) is 0 Å². The van der Waals surface area contributed by atoms with E-state index in [1.54, 1.807) is 15.8 Å². The minimum absolute atomic E-state index is 0.0244. The molecule has 0 N–H and O–H groups in total. The minimum Gasteiger partial charge on any atom is -0.310 e. The topological polar surface area (TPSA) is 42.3 Å². The lowest BCUT2D eigenvalue weighted by Crippen LogP contribution is -2.36. The molecule has 1 atom stereocenters. The van der Waals surface area contributed by atoms with E-state index in [2.05, 4.69) is 6.07 Å². The fourth-order valence-corrected chi connectivity index (χ4v) is 4.17. The highest BCUT2D eigenvalue weighted by molar-refractivity contribution is 7.14. The number of hydrogen-bond donors (Lipinski definition) is 0. The fourth-order valence-electron chi connectivity index (χ4n) is 3.14. The smallest absolute Gasteiger partial charge is 0.269 e. The number of rotatable bonds is 2. The molecule has 0 unspecified atom stereocenters. The summed E-state index contributed by atoms with van der Waals surface area (Å²) in [6.45, 7) is 2.49. The van der Waals surface area contributed by atoms with Gasteiger partial charge in [0.15, 0.2) is 0 Å². The molecular formula is C18H16N2O2S. The molecule has 0 bridgehead atoms. The molecule has 0 fully saturated rings. The van der Waals surface area contributed by atoms with Crippen LogP contribution in [0.2, 0.25) is 0 Å². The summed E-state index contributed by atoms with van der Waals surface area (Å²) in [6.07, 6.45) is 0.871. The van der Waals surface area contributed by atoms with E-state index in [0.29, 0.717) is 11.9 Å². The predicted octanol–water partition coefficient (Wildman–Crippen LogP) is 3.21. The van der Waals surface area contributed by atoms with Gasteiger partial charge in [-0.3, -0.25) is 13.5 Å². The van der Waals surface area contributed by atoms with Gasteiger partial charge < -0.3 is 4.90 Å². The van der Waals surface area contributed by atoms with Crippen molar-refractivity contribution in [3.8, 4) is 0 Å². The number of carbonyl (C=O) groups is 1. The van der Waals surface area contributed by atoms with E-state index in [1.807, 2.05) is 42.5 Å². The Balaban J connectivity index is 1.71. The summed E-state index contributed by atoms with van der Waals surface area (Å²) in [7, 11) is 0. The van der Waals surface area contributed by atoms with Crippen LogP contribution in [-0.4, -0.2) is 16.4 Å². The van der Waals surface area contributed by atoms with E-state index >= 15 is 0 Å². The molecule has 1 aliphatic rings. The number of anilines is 1. The third-order valence-corrected chi connectivity index (χ3v) is 5.61. The average molecular weight is 324 g/mol. The third-order valence-electron chi connectivity index (χ3n) is 4.38. The predicted molar refractivity (Wildman–Crippen MR) is 93.3 cm³/mol. The van der Waals surface area contributed by atoms with Crippen molar-refractivity contribution in [2.75, 3.05) is 11.4 Å². The highest BCUT2D eigenvalue weighted by Crippen LogP contribution is 2.30. The summed E-state index contributed by atoms with van der Waals surface area (Å²) in [5.74, 6) is -0.0244. The van der Waals surface area contributed by atoms with Crippen molar-refractivity contribution < 1.29 is 4.79 Å². The Morgan fingerprint density at radius 1 is 1.13 bits per heavy atom. The largest absolute Gasteiger partial charge is 0.310 e. The van der Waals surface area contributed by atoms with Crippen LogP contribution >= 0.6 is 11.5 Å². The van der Waals surface area contributed by atoms with Crippen LogP contribution in [0.15, 0.2) is 53.3 Å². The van der Waals surface area contributed by atoms with Crippen LogP contribution < -0.4 is 10.5 Å². The molecule has 23 heavy (non-hydrogen) atoms. The molecule has 1 amide bonds. The molecule has 0 saturated heterocycles. The van der Waals surface area contributed by atoms with Gasteiger partial charge in [-0.05, 0) is 37.1 Å². The van der Waals surface area contributed by atoms with Gasteiger partial charge in [-0.2, -0.15) is 0 Å². The Labute approximate surface area is 137 Å². The average Bonchev–Trinajstić information content (AvgIpc) is 3.16. The van der Waals surface area contributed by atoms with E-state index in [0.717, 1.165) is 16.8 Å². The van der Waals surface area contributed by atoms with Crippen LogP contribution in [0.1, 0.15) is 18.5 Å². The first-order valence-corrected chi connectivity index (χ1v) is 8.44. The molecule has 1 aliphatic heterocycles. The number of aromatic nitrogens is 1. The van der Waals surface area contributed by atoms with Gasteiger partial charge in [0, 0.05) is 12.2 Å². The van der Waals surface area contributed by atoms with E-state index < -0.39 is 6.04 Å². The van der Waals surface area contributed by atoms with Gasteiger partial charge in [-0.25, -0.2) is 0 Å². The zero-order valence-corrected chi connectivity index (χ0v) is 13.5. The van der Waals surface area contributed by atoms with Gasteiger partial charge >= 0.3 is 0 Å². The molecule has 1 aromatic heterocycles. The molecule has 116 valence electrons. The summed E-state index contributed by atoms with van der Waals surface area (Å²) >= 11 is 1.36. The van der Waals surface area contributed by atoms with Gasteiger partial charge in [-0.1, -0.05) is 41.9 Å².